The molecule has 0 aromatic heterocycles. The molecule has 3 aromatic rings. The number of hydrogen-bond acceptors (Lipinski definition) is 4. The summed E-state index contributed by atoms with van der Waals surface area (Å²) in [5.74, 6) is -1.59. The summed E-state index contributed by atoms with van der Waals surface area (Å²) in [4.78, 5) is 27.8. The van der Waals surface area contributed by atoms with Crippen LogP contribution in [-0.2, 0) is 26.2 Å². The van der Waals surface area contributed by atoms with E-state index in [0.717, 1.165) is 4.31 Å². The third-order valence-corrected chi connectivity index (χ3v) is 8.00. The molecule has 0 saturated carbocycles. The summed E-state index contributed by atoms with van der Waals surface area (Å²) in [7, 11) is -4.15. The van der Waals surface area contributed by atoms with E-state index in [-0.39, 0.29) is 22.7 Å². The van der Waals surface area contributed by atoms with Crippen LogP contribution in [0.15, 0.2) is 88.2 Å². The molecule has 0 unspecified atom stereocenters. The standard InChI is InChI=1S/C27H29BrFN3O4S/c1-3-16-30-27(34)20(2)31(18-21-10-7-8-15-25(21)29)26(33)19-32(23-12-9-11-22(28)17-23)37(35,36)24-13-5-4-6-14-24/h4-15,17,20H,3,16,18-19H2,1-2H3,(H,30,34)/t20-/m0/s1. The van der Waals surface area contributed by atoms with Crippen molar-refractivity contribution in [3.63, 3.8) is 0 Å². The van der Waals surface area contributed by atoms with Gasteiger partial charge >= 0.3 is 0 Å². The first-order chi connectivity index (χ1) is 17.6. The van der Waals surface area contributed by atoms with Crippen LogP contribution in [0.25, 0.3) is 0 Å². The highest BCUT2D eigenvalue weighted by Gasteiger charge is 2.32. The van der Waals surface area contributed by atoms with Crippen molar-refractivity contribution in [1.82, 2.24) is 10.2 Å². The van der Waals surface area contributed by atoms with E-state index in [4.69, 9.17) is 0 Å². The van der Waals surface area contributed by atoms with E-state index >= 15 is 0 Å². The van der Waals surface area contributed by atoms with Gasteiger partial charge in [-0.05, 0) is 49.7 Å². The van der Waals surface area contributed by atoms with Crippen LogP contribution in [0.5, 0.6) is 0 Å². The van der Waals surface area contributed by atoms with Gasteiger partial charge < -0.3 is 10.2 Å². The van der Waals surface area contributed by atoms with Crippen LogP contribution in [0.1, 0.15) is 25.8 Å². The molecule has 0 aliphatic rings. The van der Waals surface area contributed by atoms with Gasteiger partial charge in [0.25, 0.3) is 10.0 Å². The average Bonchev–Trinajstić information content (AvgIpc) is 2.89. The first-order valence-corrected chi connectivity index (χ1v) is 14.0. The highest BCUT2D eigenvalue weighted by molar-refractivity contribution is 9.10. The Hall–Kier alpha value is -3.24. The van der Waals surface area contributed by atoms with Crippen molar-refractivity contribution < 1.29 is 22.4 Å². The summed E-state index contributed by atoms with van der Waals surface area (Å²) in [6, 6.07) is 19.3. The van der Waals surface area contributed by atoms with Gasteiger partial charge in [-0.1, -0.05) is 65.3 Å². The Morgan fingerprint density at radius 2 is 1.68 bits per heavy atom. The zero-order chi connectivity index (χ0) is 27.0. The fourth-order valence-corrected chi connectivity index (χ4v) is 5.48. The van der Waals surface area contributed by atoms with E-state index in [1.165, 1.54) is 35.2 Å². The molecule has 0 aliphatic carbocycles. The fraction of sp³-hybridized carbons (Fsp3) is 0.259. The van der Waals surface area contributed by atoms with E-state index in [2.05, 4.69) is 21.2 Å². The van der Waals surface area contributed by atoms with Crippen molar-refractivity contribution in [1.29, 1.82) is 0 Å². The molecule has 0 fully saturated rings. The van der Waals surface area contributed by atoms with Gasteiger partial charge in [0.1, 0.15) is 18.4 Å². The summed E-state index contributed by atoms with van der Waals surface area (Å²) in [5, 5.41) is 2.75. The minimum Gasteiger partial charge on any atom is -0.354 e. The molecule has 1 N–H and O–H groups in total. The third kappa shape index (κ3) is 7.17. The Labute approximate surface area is 225 Å². The van der Waals surface area contributed by atoms with Crippen molar-refractivity contribution in [3.8, 4) is 0 Å². The Bertz CT molecular complexity index is 1340. The van der Waals surface area contributed by atoms with Crippen LogP contribution in [0.3, 0.4) is 0 Å². The van der Waals surface area contributed by atoms with Crippen LogP contribution < -0.4 is 9.62 Å². The monoisotopic (exact) mass is 589 g/mol. The number of sulfonamides is 1. The summed E-state index contributed by atoms with van der Waals surface area (Å²) in [6.07, 6.45) is 0.700. The molecular weight excluding hydrogens is 561 g/mol. The molecule has 0 saturated heterocycles. The molecule has 0 radical (unpaired) electrons. The number of carbonyl (C=O) groups is 2. The highest BCUT2D eigenvalue weighted by atomic mass is 79.9. The molecule has 2 amide bonds. The molecule has 196 valence electrons. The van der Waals surface area contributed by atoms with Crippen LogP contribution in [0.4, 0.5) is 10.1 Å². The Morgan fingerprint density at radius 3 is 2.32 bits per heavy atom. The van der Waals surface area contributed by atoms with E-state index in [9.17, 15) is 22.4 Å². The highest BCUT2D eigenvalue weighted by Crippen LogP contribution is 2.27. The van der Waals surface area contributed by atoms with Gasteiger partial charge in [-0.15, -0.1) is 0 Å². The minimum atomic E-state index is -4.15. The smallest absolute Gasteiger partial charge is 0.264 e. The molecule has 7 nitrogen and oxygen atoms in total. The number of nitrogens with one attached hydrogen (secondary N) is 1. The van der Waals surface area contributed by atoms with Gasteiger partial charge in [-0.3, -0.25) is 13.9 Å². The molecule has 0 spiro atoms. The summed E-state index contributed by atoms with van der Waals surface area (Å²) in [5.41, 5.74) is 0.478. The number of carbonyl (C=O) groups excluding carboxylic acids is 2. The second-order valence-electron chi connectivity index (χ2n) is 8.38. The Kier molecular flexibility index (Phi) is 9.82. The van der Waals surface area contributed by atoms with E-state index < -0.39 is 40.2 Å². The van der Waals surface area contributed by atoms with Crippen molar-refractivity contribution in [2.24, 2.45) is 0 Å². The SMILES string of the molecule is CCCNC(=O)[C@H](C)N(Cc1ccccc1F)C(=O)CN(c1cccc(Br)c1)S(=O)(=O)c1ccccc1. The number of benzene rings is 3. The van der Waals surface area contributed by atoms with Gasteiger partial charge in [0.15, 0.2) is 0 Å². The normalized spacial score (nSPS) is 12.0. The van der Waals surface area contributed by atoms with Gasteiger partial charge in [0, 0.05) is 23.1 Å². The maximum Gasteiger partial charge on any atom is 0.264 e. The molecule has 3 aromatic carbocycles. The van der Waals surface area contributed by atoms with Crippen molar-refractivity contribution in [2.45, 2.75) is 37.8 Å². The predicted molar refractivity (Wildman–Crippen MR) is 145 cm³/mol. The second kappa shape index (κ2) is 12.8. The lowest BCUT2D eigenvalue weighted by atomic mass is 10.1. The van der Waals surface area contributed by atoms with Crippen LogP contribution in [0.2, 0.25) is 0 Å². The summed E-state index contributed by atoms with van der Waals surface area (Å²) in [6.45, 7) is 3.06. The molecule has 0 bridgehead atoms. The lowest BCUT2D eigenvalue weighted by molar-refractivity contribution is -0.139. The fourth-order valence-electron chi connectivity index (χ4n) is 3.67. The predicted octanol–water partition coefficient (Wildman–Crippen LogP) is 4.73. The van der Waals surface area contributed by atoms with Crippen LogP contribution >= 0.6 is 15.9 Å². The largest absolute Gasteiger partial charge is 0.354 e. The first-order valence-electron chi connectivity index (χ1n) is 11.8. The zero-order valence-corrected chi connectivity index (χ0v) is 23.0. The van der Waals surface area contributed by atoms with Crippen LogP contribution in [-0.4, -0.2) is 44.3 Å². The molecular formula is C27H29BrFN3O4S. The summed E-state index contributed by atoms with van der Waals surface area (Å²) >= 11 is 3.36. The Balaban J connectivity index is 2.02. The van der Waals surface area contributed by atoms with Gasteiger partial charge in [-0.2, -0.15) is 0 Å². The number of halogens is 2. The second-order valence-corrected chi connectivity index (χ2v) is 11.2. The van der Waals surface area contributed by atoms with Crippen molar-refractivity contribution in [2.75, 3.05) is 17.4 Å². The molecule has 1 atom stereocenters. The maximum absolute atomic E-state index is 14.5. The van der Waals surface area contributed by atoms with Crippen LogP contribution in [0, 0.1) is 5.82 Å². The number of nitrogens with zero attached hydrogens (tertiary/aromatic N) is 2. The van der Waals surface area contributed by atoms with Crippen molar-refractivity contribution in [3.05, 3.63) is 94.7 Å². The van der Waals surface area contributed by atoms with Gasteiger partial charge in [0.2, 0.25) is 11.8 Å². The van der Waals surface area contributed by atoms with Crippen molar-refractivity contribution >= 4 is 43.5 Å². The number of rotatable bonds is 11. The van der Waals surface area contributed by atoms with E-state index in [1.807, 2.05) is 6.92 Å². The quantitative estimate of drug-likeness (QED) is 0.350. The lowest BCUT2D eigenvalue weighted by Crippen LogP contribution is -2.51. The average molecular weight is 591 g/mol. The minimum absolute atomic E-state index is 0.0113. The van der Waals surface area contributed by atoms with Gasteiger partial charge in [0.05, 0.1) is 10.6 Å². The third-order valence-electron chi connectivity index (χ3n) is 5.72. The Morgan fingerprint density at radius 1 is 1.00 bits per heavy atom. The topological polar surface area (TPSA) is 86.8 Å². The first kappa shape index (κ1) is 28.3. The van der Waals surface area contributed by atoms with E-state index in [1.54, 1.807) is 55.5 Å². The zero-order valence-electron chi connectivity index (χ0n) is 20.6. The molecule has 3 rings (SSSR count). The number of amides is 2. The molecule has 0 aliphatic heterocycles. The maximum atomic E-state index is 14.5. The summed E-state index contributed by atoms with van der Waals surface area (Å²) < 4.78 is 43.5. The molecule has 10 heteroatoms. The number of hydrogen-bond donors (Lipinski definition) is 1. The van der Waals surface area contributed by atoms with E-state index in [0.29, 0.717) is 17.4 Å². The number of anilines is 1. The lowest BCUT2D eigenvalue weighted by Gasteiger charge is -2.32. The van der Waals surface area contributed by atoms with Gasteiger partial charge in [-0.25, -0.2) is 12.8 Å². The molecule has 37 heavy (non-hydrogen) atoms. The molecule has 0 heterocycles.